The molecule has 1 aliphatic carbocycles. The summed E-state index contributed by atoms with van der Waals surface area (Å²) >= 11 is 12.2. The van der Waals surface area contributed by atoms with Crippen molar-refractivity contribution in [3.05, 3.63) is 33.8 Å². The van der Waals surface area contributed by atoms with Gasteiger partial charge in [0.2, 0.25) is 0 Å². The van der Waals surface area contributed by atoms with E-state index in [1.54, 1.807) is 0 Å². The Morgan fingerprint density at radius 3 is 2.68 bits per heavy atom. The summed E-state index contributed by atoms with van der Waals surface area (Å²) in [5, 5.41) is 4.78. The smallest absolute Gasteiger partial charge is 0.0580 e. The number of rotatable bonds is 6. The van der Waals surface area contributed by atoms with Crippen LogP contribution in [0.5, 0.6) is 0 Å². The second-order valence-electron chi connectivity index (χ2n) is 5.16. The Labute approximate surface area is 125 Å². The second-order valence-corrected chi connectivity index (χ2v) is 6.00. The Balaban J connectivity index is 1.94. The molecule has 19 heavy (non-hydrogen) atoms. The van der Waals surface area contributed by atoms with Gasteiger partial charge in [0, 0.05) is 22.7 Å². The van der Waals surface area contributed by atoms with Gasteiger partial charge in [0.05, 0.1) is 6.10 Å². The highest BCUT2D eigenvalue weighted by atomic mass is 35.5. The maximum atomic E-state index is 6.28. The van der Waals surface area contributed by atoms with Crippen molar-refractivity contribution in [2.45, 2.75) is 38.3 Å². The summed E-state index contributed by atoms with van der Waals surface area (Å²) in [5.41, 5.74) is 1.13. The monoisotopic (exact) mass is 301 g/mol. The Morgan fingerprint density at radius 1 is 1.37 bits per heavy atom. The van der Waals surface area contributed by atoms with Crippen LogP contribution in [-0.2, 0) is 4.74 Å². The van der Waals surface area contributed by atoms with Gasteiger partial charge in [0.25, 0.3) is 0 Å². The molecule has 1 aromatic rings. The van der Waals surface area contributed by atoms with E-state index in [9.17, 15) is 0 Å². The predicted molar refractivity (Wildman–Crippen MR) is 81.0 cm³/mol. The van der Waals surface area contributed by atoms with Crippen LogP contribution in [0.3, 0.4) is 0 Å². The van der Waals surface area contributed by atoms with Crippen LogP contribution in [-0.4, -0.2) is 19.8 Å². The summed E-state index contributed by atoms with van der Waals surface area (Å²) in [4.78, 5) is 0. The summed E-state index contributed by atoms with van der Waals surface area (Å²) in [5.74, 6) is 0.723. The van der Waals surface area contributed by atoms with Crippen LogP contribution in [0.15, 0.2) is 18.2 Å². The lowest BCUT2D eigenvalue weighted by molar-refractivity contribution is -0.0289. The summed E-state index contributed by atoms with van der Waals surface area (Å²) in [6.45, 7) is 2.87. The van der Waals surface area contributed by atoms with E-state index in [-0.39, 0.29) is 6.04 Å². The molecule has 106 valence electrons. The average molecular weight is 302 g/mol. The molecule has 2 rings (SSSR count). The molecule has 1 saturated carbocycles. The second kappa shape index (κ2) is 6.94. The van der Waals surface area contributed by atoms with Crippen molar-refractivity contribution in [1.29, 1.82) is 0 Å². The van der Waals surface area contributed by atoms with E-state index >= 15 is 0 Å². The number of nitrogens with one attached hydrogen (secondary N) is 1. The lowest BCUT2D eigenvalue weighted by atomic mass is 9.77. The summed E-state index contributed by atoms with van der Waals surface area (Å²) in [6, 6.07) is 6.02. The highest BCUT2D eigenvalue weighted by Crippen LogP contribution is 2.38. The normalized spacial score (nSPS) is 24.0. The fraction of sp³-hybridized carbons (Fsp3) is 0.600. The molecule has 1 atom stereocenters. The molecule has 0 radical (unpaired) electrons. The van der Waals surface area contributed by atoms with E-state index in [2.05, 4.69) is 12.2 Å². The van der Waals surface area contributed by atoms with Crippen molar-refractivity contribution in [2.24, 2.45) is 5.92 Å². The van der Waals surface area contributed by atoms with Gasteiger partial charge in [-0.2, -0.15) is 0 Å². The molecule has 0 heterocycles. The van der Waals surface area contributed by atoms with E-state index in [4.69, 9.17) is 27.9 Å². The maximum Gasteiger partial charge on any atom is 0.0580 e. The zero-order valence-electron chi connectivity index (χ0n) is 11.5. The minimum atomic E-state index is 0.289. The van der Waals surface area contributed by atoms with Gasteiger partial charge < -0.3 is 10.1 Å². The Morgan fingerprint density at radius 2 is 2.11 bits per heavy atom. The number of benzene rings is 1. The number of ether oxygens (including phenoxy) is 1. The Hall–Kier alpha value is -0.280. The van der Waals surface area contributed by atoms with Crippen molar-refractivity contribution in [2.75, 3.05) is 13.7 Å². The third kappa shape index (κ3) is 3.85. The third-order valence-electron chi connectivity index (χ3n) is 3.85. The van der Waals surface area contributed by atoms with Crippen LogP contribution in [0.2, 0.25) is 10.0 Å². The van der Waals surface area contributed by atoms with Gasteiger partial charge in [0.1, 0.15) is 0 Å². The molecule has 0 bridgehead atoms. The van der Waals surface area contributed by atoms with E-state index in [0.717, 1.165) is 42.4 Å². The van der Waals surface area contributed by atoms with Gasteiger partial charge in [-0.05, 0) is 56.8 Å². The number of halogens is 2. The van der Waals surface area contributed by atoms with Crippen molar-refractivity contribution >= 4 is 23.2 Å². The largest absolute Gasteiger partial charge is 0.378 e. The summed E-state index contributed by atoms with van der Waals surface area (Å²) in [7, 11) is 1.98. The number of hydrogen-bond donors (Lipinski definition) is 1. The molecule has 1 fully saturated rings. The Bertz CT molecular complexity index is 419. The molecule has 2 nitrogen and oxygen atoms in total. The molecule has 1 unspecified atom stereocenters. The van der Waals surface area contributed by atoms with Crippen molar-refractivity contribution in [3.63, 3.8) is 0 Å². The van der Waals surface area contributed by atoms with Crippen LogP contribution in [0, 0.1) is 5.92 Å². The standard InChI is InChI=1S/C15H21Cl2NO/c1-3-19-12-6-10(7-12)8-15(18-2)13-5-4-11(16)9-14(13)17/h4-5,9-10,12,15,18H,3,6-8H2,1-2H3. The Kier molecular flexibility index (Phi) is 5.52. The average Bonchev–Trinajstić information content (AvgIpc) is 2.33. The summed E-state index contributed by atoms with van der Waals surface area (Å²) in [6.07, 6.45) is 3.89. The minimum Gasteiger partial charge on any atom is -0.378 e. The number of hydrogen-bond acceptors (Lipinski definition) is 2. The molecular weight excluding hydrogens is 281 g/mol. The maximum absolute atomic E-state index is 6.28. The molecule has 0 saturated heterocycles. The lowest BCUT2D eigenvalue weighted by Gasteiger charge is -2.37. The fourth-order valence-corrected chi connectivity index (χ4v) is 3.30. The first-order valence-electron chi connectivity index (χ1n) is 6.87. The van der Waals surface area contributed by atoms with E-state index in [1.807, 2.05) is 25.2 Å². The van der Waals surface area contributed by atoms with E-state index < -0.39 is 0 Å². The van der Waals surface area contributed by atoms with Crippen LogP contribution < -0.4 is 5.32 Å². The van der Waals surface area contributed by atoms with Crippen LogP contribution >= 0.6 is 23.2 Å². The quantitative estimate of drug-likeness (QED) is 0.837. The topological polar surface area (TPSA) is 21.3 Å². The van der Waals surface area contributed by atoms with Crippen LogP contribution in [0.1, 0.15) is 37.8 Å². The molecule has 0 amide bonds. The van der Waals surface area contributed by atoms with Gasteiger partial charge in [-0.25, -0.2) is 0 Å². The molecule has 0 aromatic heterocycles. The van der Waals surface area contributed by atoms with Gasteiger partial charge in [-0.3, -0.25) is 0 Å². The van der Waals surface area contributed by atoms with E-state index in [0.29, 0.717) is 11.1 Å². The molecule has 4 heteroatoms. The van der Waals surface area contributed by atoms with Crippen molar-refractivity contribution in [3.8, 4) is 0 Å². The lowest BCUT2D eigenvalue weighted by Crippen LogP contribution is -2.34. The molecule has 0 aliphatic heterocycles. The molecule has 0 spiro atoms. The van der Waals surface area contributed by atoms with Crippen LogP contribution in [0.4, 0.5) is 0 Å². The zero-order chi connectivity index (χ0) is 13.8. The van der Waals surface area contributed by atoms with Crippen LogP contribution in [0.25, 0.3) is 0 Å². The first-order valence-corrected chi connectivity index (χ1v) is 7.63. The van der Waals surface area contributed by atoms with Gasteiger partial charge in [0.15, 0.2) is 0 Å². The minimum absolute atomic E-state index is 0.289. The predicted octanol–water partition coefficient (Wildman–Crippen LogP) is 4.46. The zero-order valence-corrected chi connectivity index (χ0v) is 13.0. The molecule has 1 N–H and O–H groups in total. The third-order valence-corrected chi connectivity index (χ3v) is 4.41. The molecular formula is C15H21Cl2NO. The van der Waals surface area contributed by atoms with Gasteiger partial charge >= 0.3 is 0 Å². The van der Waals surface area contributed by atoms with E-state index in [1.165, 1.54) is 0 Å². The van der Waals surface area contributed by atoms with Crippen molar-refractivity contribution in [1.82, 2.24) is 5.32 Å². The molecule has 1 aromatic carbocycles. The first kappa shape index (κ1) is 15.1. The highest BCUT2D eigenvalue weighted by Gasteiger charge is 2.31. The van der Waals surface area contributed by atoms with Gasteiger partial charge in [-0.15, -0.1) is 0 Å². The summed E-state index contributed by atoms with van der Waals surface area (Å²) < 4.78 is 5.60. The fourth-order valence-electron chi connectivity index (χ4n) is 2.76. The first-order chi connectivity index (χ1) is 9.13. The molecule has 1 aliphatic rings. The van der Waals surface area contributed by atoms with Crippen molar-refractivity contribution < 1.29 is 4.74 Å². The highest BCUT2D eigenvalue weighted by molar-refractivity contribution is 6.35. The SMILES string of the molecule is CCOC1CC(CC(NC)c2ccc(Cl)cc2Cl)C1. The van der Waals surface area contributed by atoms with Gasteiger partial charge in [-0.1, -0.05) is 29.3 Å².